The number of carbonyl (C=O) groups excluding carboxylic acids is 1. The lowest BCUT2D eigenvalue weighted by Crippen LogP contribution is -2.32. The second kappa shape index (κ2) is 8.94. The summed E-state index contributed by atoms with van der Waals surface area (Å²) in [5, 5.41) is 11.1. The van der Waals surface area contributed by atoms with E-state index in [0.717, 1.165) is 28.5 Å². The Bertz CT molecular complexity index is 1050. The highest BCUT2D eigenvalue weighted by Crippen LogP contribution is 2.41. The van der Waals surface area contributed by atoms with Crippen molar-refractivity contribution in [3.63, 3.8) is 0 Å². The third-order valence-electron chi connectivity index (χ3n) is 5.89. The van der Waals surface area contributed by atoms with E-state index in [2.05, 4.69) is 46.9 Å². The standard InChI is InChI=1S/C25H30N4O2/c1-16-5-11-21(12-6-16)29-18(3)24(17(2)28-29)27-23(30)15-26-25(19-7-8-19)20-9-13-22(31-4)14-10-20/h5-6,9-14,19,25-26H,7-8,15H2,1-4H3,(H,27,30). The maximum absolute atomic E-state index is 12.8. The van der Waals surface area contributed by atoms with Gasteiger partial charge in [-0.05, 0) is 69.4 Å². The van der Waals surface area contributed by atoms with Gasteiger partial charge in [0.2, 0.25) is 5.91 Å². The Balaban J connectivity index is 1.43. The molecule has 0 bridgehead atoms. The first-order valence-corrected chi connectivity index (χ1v) is 10.8. The molecule has 2 aromatic carbocycles. The average Bonchev–Trinajstić information content (AvgIpc) is 3.57. The summed E-state index contributed by atoms with van der Waals surface area (Å²) < 4.78 is 7.14. The number of nitrogens with one attached hydrogen (secondary N) is 2. The van der Waals surface area contributed by atoms with Crippen molar-refractivity contribution < 1.29 is 9.53 Å². The molecule has 0 saturated heterocycles. The lowest BCUT2D eigenvalue weighted by atomic mass is 10.0. The summed E-state index contributed by atoms with van der Waals surface area (Å²) in [4.78, 5) is 12.8. The normalized spacial score (nSPS) is 14.3. The number of nitrogens with zero attached hydrogens (tertiary/aromatic N) is 2. The first-order chi connectivity index (χ1) is 15.0. The van der Waals surface area contributed by atoms with Crippen LogP contribution in [0.25, 0.3) is 5.69 Å². The van der Waals surface area contributed by atoms with Gasteiger partial charge < -0.3 is 15.4 Å². The van der Waals surface area contributed by atoms with E-state index >= 15 is 0 Å². The Morgan fingerprint density at radius 1 is 1.10 bits per heavy atom. The molecular formula is C25H30N4O2. The molecule has 0 aliphatic heterocycles. The van der Waals surface area contributed by atoms with Crippen molar-refractivity contribution in [3.05, 3.63) is 71.0 Å². The van der Waals surface area contributed by atoms with Crippen molar-refractivity contribution in [2.75, 3.05) is 19.0 Å². The van der Waals surface area contributed by atoms with Crippen molar-refractivity contribution in [1.82, 2.24) is 15.1 Å². The smallest absolute Gasteiger partial charge is 0.238 e. The van der Waals surface area contributed by atoms with Crippen LogP contribution in [0, 0.1) is 26.7 Å². The summed E-state index contributed by atoms with van der Waals surface area (Å²) in [6.45, 7) is 6.21. The third-order valence-corrected chi connectivity index (χ3v) is 5.89. The van der Waals surface area contributed by atoms with Crippen molar-refractivity contribution in [1.29, 1.82) is 0 Å². The van der Waals surface area contributed by atoms with Crippen LogP contribution >= 0.6 is 0 Å². The van der Waals surface area contributed by atoms with Crippen LogP contribution in [-0.4, -0.2) is 29.3 Å². The fourth-order valence-corrected chi connectivity index (χ4v) is 3.94. The van der Waals surface area contributed by atoms with E-state index in [1.165, 1.54) is 24.0 Å². The molecular weight excluding hydrogens is 388 g/mol. The van der Waals surface area contributed by atoms with Gasteiger partial charge in [0.15, 0.2) is 0 Å². The van der Waals surface area contributed by atoms with Crippen molar-refractivity contribution >= 4 is 11.6 Å². The number of ether oxygens (including phenoxy) is 1. The second-order valence-electron chi connectivity index (χ2n) is 8.31. The van der Waals surface area contributed by atoms with Crippen LogP contribution in [-0.2, 0) is 4.79 Å². The number of benzene rings is 2. The first-order valence-electron chi connectivity index (χ1n) is 10.8. The SMILES string of the molecule is COc1ccc(C(NCC(=O)Nc2c(C)nn(-c3ccc(C)cc3)c2C)C2CC2)cc1. The Morgan fingerprint density at radius 3 is 2.39 bits per heavy atom. The molecule has 1 saturated carbocycles. The van der Waals surface area contributed by atoms with Gasteiger partial charge in [0.25, 0.3) is 0 Å². The molecule has 31 heavy (non-hydrogen) atoms. The molecule has 1 aliphatic rings. The van der Waals surface area contributed by atoms with Gasteiger partial charge in [-0.15, -0.1) is 0 Å². The number of amides is 1. The average molecular weight is 419 g/mol. The topological polar surface area (TPSA) is 68.2 Å². The van der Waals surface area contributed by atoms with Gasteiger partial charge in [-0.2, -0.15) is 5.10 Å². The van der Waals surface area contributed by atoms with Crippen molar-refractivity contribution in [2.45, 2.75) is 39.7 Å². The lowest BCUT2D eigenvalue weighted by Gasteiger charge is -2.19. The maximum Gasteiger partial charge on any atom is 0.238 e. The number of methoxy groups -OCH3 is 1. The fourth-order valence-electron chi connectivity index (χ4n) is 3.94. The molecule has 0 radical (unpaired) electrons. The van der Waals surface area contributed by atoms with Gasteiger partial charge in [-0.25, -0.2) is 4.68 Å². The van der Waals surface area contributed by atoms with Crippen molar-refractivity contribution in [3.8, 4) is 11.4 Å². The summed E-state index contributed by atoms with van der Waals surface area (Å²) in [7, 11) is 1.67. The summed E-state index contributed by atoms with van der Waals surface area (Å²) in [5.74, 6) is 1.36. The molecule has 4 rings (SSSR count). The Morgan fingerprint density at radius 2 is 1.77 bits per heavy atom. The number of aryl methyl sites for hydroxylation is 2. The zero-order chi connectivity index (χ0) is 22.0. The molecule has 1 amide bonds. The Hall–Kier alpha value is -3.12. The predicted molar refractivity (Wildman–Crippen MR) is 123 cm³/mol. The van der Waals surface area contributed by atoms with E-state index in [1.807, 2.05) is 42.8 Å². The van der Waals surface area contributed by atoms with Crippen LogP contribution < -0.4 is 15.4 Å². The predicted octanol–water partition coefficient (Wildman–Crippen LogP) is 4.49. The number of hydrogen-bond donors (Lipinski definition) is 2. The third kappa shape index (κ3) is 4.80. The van der Waals surface area contributed by atoms with Crippen LogP contribution in [0.1, 0.15) is 41.4 Å². The second-order valence-corrected chi connectivity index (χ2v) is 8.31. The molecule has 3 aromatic rings. The largest absolute Gasteiger partial charge is 0.497 e. The monoisotopic (exact) mass is 418 g/mol. The molecule has 0 spiro atoms. The van der Waals surface area contributed by atoms with Crippen molar-refractivity contribution in [2.24, 2.45) is 5.92 Å². The van der Waals surface area contributed by atoms with Gasteiger partial charge in [-0.3, -0.25) is 4.79 Å². The molecule has 2 N–H and O–H groups in total. The zero-order valence-electron chi connectivity index (χ0n) is 18.6. The summed E-state index contributed by atoms with van der Waals surface area (Å²) >= 11 is 0. The van der Waals surface area contributed by atoms with E-state index < -0.39 is 0 Å². The maximum atomic E-state index is 12.8. The number of rotatable bonds is 8. The van der Waals surface area contributed by atoms with Gasteiger partial charge in [0, 0.05) is 6.04 Å². The number of aromatic nitrogens is 2. The van der Waals surface area contributed by atoms with E-state index in [4.69, 9.17) is 4.74 Å². The minimum atomic E-state index is -0.0613. The molecule has 1 fully saturated rings. The highest BCUT2D eigenvalue weighted by atomic mass is 16.5. The Kier molecular flexibility index (Phi) is 6.09. The summed E-state index contributed by atoms with van der Waals surface area (Å²) in [5.41, 5.74) is 5.88. The van der Waals surface area contributed by atoms with Gasteiger partial charge in [-0.1, -0.05) is 29.8 Å². The highest BCUT2D eigenvalue weighted by molar-refractivity contribution is 5.93. The van der Waals surface area contributed by atoms with E-state index in [9.17, 15) is 4.79 Å². The van der Waals surface area contributed by atoms with Gasteiger partial charge >= 0.3 is 0 Å². The number of carbonyl (C=O) groups is 1. The highest BCUT2D eigenvalue weighted by Gasteiger charge is 2.32. The quantitative estimate of drug-likeness (QED) is 0.566. The molecule has 162 valence electrons. The van der Waals surface area contributed by atoms with Crippen LogP contribution in [0.5, 0.6) is 5.75 Å². The van der Waals surface area contributed by atoms with E-state index in [-0.39, 0.29) is 18.5 Å². The van der Waals surface area contributed by atoms with Gasteiger partial charge in [0.05, 0.1) is 36.4 Å². The minimum absolute atomic E-state index is 0.0613. The molecule has 1 aromatic heterocycles. The van der Waals surface area contributed by atoms with Crippen LogP contribution in [0.15, 0.2) is 48.5 Å². The van der Waals surface area contributed by atoms with E-state index in [1.54, 1.807) is 7.11 Å². The van der Waals surface area contributed by atoms with Crippen LogP contribution in [0.4, 0.5) is 5.69 Å². The fraction of sp³-hybridized carbons (Fsp3) is 0.360. The summed E-state index contributed by atoms with van der Waals surface area (Å²) in [6.07, 6.45) is 2.37. The molecule has 1 heterocycles. The number of hydrogen-bond acceptors (Lipinski definition) is 4. The molecule has 1 atom stereocenters. The number of anilines is 1. The molecule has 6 nitrogen and oxygen atoms in total. The zero-order valence-corrected chi connectivity index (χ0v) is 18.6. The first kappa shape index (κ1) is 21.1. The van der Waals surface area contributed by atoms with E-state index in [0.29, 0.717) is 5.92 Å². The Labute approximate surface area is 183 Å². The summed E-state index contributed by atoms with van der Waals surface area (Å²) in [6, 6.07) is 16.5. The molecule has 6 heteroatoms. The molecule has 1 aliphatic carbocycles. The van der Waals surface area contributed by atoms with Gasteiger partial charge in [0.1, 0.15) is 5.75 Å². The lowest BCUT2D eigenvalue weighted by molar-refractivity contribution is -0.115. The molecule has 1 unspecified atom stereocenters. The minimum Gasteiger partial charge on any atom is -0.497 e. The van der Waals surface area contributed by atoms with Crippen LogP contribution in [0.3, 0.4) is 0 Å². The van der Waals surface area contributed by atoms with Crippen LogP contribution in [0.2, 0.25) is 0 Å².